The molecular formula is C16H18N2O2S. The van der Waals surface area contributed by atoms with Crippen LogP contribution < -0.4 is 10.2 Å². The van der Waals surface area contributed by atoms with Gasteiger partial charge in [-0.05, 0) is 23.6 Å². The van der Waals surface area contributed by atoms with Crippen molar-refractivity contribution in [3.8, 4) is 0 Å². The number of ether oxygens (including phenoxy) is 1. The summed E-state index contributed by atoms with van der Waals surface area (Å²) in [7, 11) is 0. The molecule has 0 atom stereocenters. The third-order valence-corrected chi connectivity index (χ3v) is 4.38. The first kappa shape index (κ1) is 14.1. The van der Waals surface area contributed by atoms with E-state index < -0.39 is 0 Å². The predicted octanol–water partition coefficient (Wildman–Crippen LogP) is 2.51. The van der Waals surface area contributed by atoms with Crippen molar-refractivity contribution in [1.29, 1.82) is 0 Å². The first-order chi connectivity index (χ1) is 10.3. The lowest BCUT2D eigenvalue weighted by molar-refractivity contribution is 0.0950. The van der Waals surface area contributed by atoms with Crippen molar-refractivity contribution in [3.63, 3.8) is 0 Å². The molecule has 1 amide bonds. The molecular weight excluding hydrogens is 284 g/mol. The fraction of sp³-hybridized carbons (Fsp3) is 0.312. The highest BCUT2D eigenvalue weighted by molar-refractivity contribution is 7.09. The van der Waals surface area contributed by atoms with Gasteiger partial charge in [0.2, 0.25) is 0 Å². The maximum Gasteiger partial charge on any atom is 0.253 e. The van der Waals surface area contributed by atoms with E-state index in [4.69, 9.17) is 4.74 Å². The molecule has 0 unspecified atom stereocenters. The number of nitrogens with zero attached hydrogens (tertiary/aromatic N) is 1. The second-order valence-electron chi connectivity index (χ2n) is 4.88. The Hall–Kier alpha value is -1.85. The van der Waals surface area contributed by atoms with Crippen LogP contribution in [0.1, 0.15) is 15.2 Å². The molecule has 0 saturated carbocycles. The summed E-state index contributed by atoms with van der Waals surface area (Å²) in [5, 5.41) is 5.01. The van der Waals surface area contributed by atoms with Gasteiger partial charge in [-0.25, -0.2) is 0 Å². The Morgan fingerprint density at radius 1 is 1.19 bits per heavy atom. The van der Waals surface area contributed by atoms with Gasteiger partial charge >= 0.3 is 0 Å². The Kier molecular flexibility index (Phi) is 4.52. The van der Waals surface area contributed by atoms with Crippen LogP contribution in [-0.2, 0) is 11.3 Å². The number of hydrogen-bond donors (Lipinski definition) is 1. The summed E-state index contributed by atoms with van der Waals surface area (Å²) in [6, 6.07) is 11.8. The first-order valence-electron chi connectivity index (χ1n) is 7.07. The van der Waals surface area contributed by atoms with Crippen molar-refractivity contribution in [2.75, 3.05) is 31.2 Å². The van der Waals surface area contributed by atoms with Gasteiger partial charge in [-0.15, -0.1) is 11.3 Å². The summed E-state index contributed by atoms with van der Waals surface area (Å²) in [5.41, 5.74) is 1.72. The van der Waals surface area contributed by atoms with Gasteiger partial charge in [-0.1, -0.05) is 18.2 Å². The molecule has 1 fully saturated rings. The van der Waals surface area contributed by atoms with Crippen LogP contribution in [0.25, 0.3) is 0 Å². The lowest BCUT2D eigenvalue weighted by Crippen LogP contribution is -2.37. The topological polar surface area (TPSA) is 41.6 Å². The molecule has 110 valence electrons. The van der Waals surface area contributed by atoms with Gasteiger partial charge in [-0.2, -0.15) is 0 Å². The van der Waals surface area contributed by atoms with Gasteiger partial charge < -0.3 is 15.0 Å². The minimum Gasteiger partial charge on any atom is -0.378 e. The average molecular weight is 302 g/mol. The highest BCUT2D eigenvalue weighted by Crippen LogP contribution is 2.21. The Balaban J connectivity index is 1.73. The summed E-state index contributed by atoms with van der Waals surface area (Å²) in [4.78, 5) is 15.8. The summed E-state index contributed by atoms with van der Waals surface area (Å²) >= 11 is 1.65. The predicted molar refractivity (Wildman–Crippen MR) is 85.0 cm³/mol. The number of hydrogen-bond acceptors (Lipinski definition) is 4. The molecule has 1 aromatic heterocycles. The minimum atomic E-state index is -0.0227. The van der Waals surface area contributed by atoms with Crippen molar-refractivity contribution in [2.24, 2.45) is 0 Å². The van der Waals surface area contributed by atoms with Crippen LogP contribution in [0.4, 0.5) is 5.69 Å². The number of nitrogens with one attached hydrogen (secondary N) is 1. The standard InChI is InChI=1S/C16H18N2O2S/c19-16(17-12-13-4-3-11-21-13)14-5-1-2-6-15(14)18-7-9-20-10-8-18/h1-6,11H,7-10,12H2,(H,17,19). The normalized spacial score (nSPS) is 15.0. The maximum atomic E-state index is 12.4. The molecule has 2 heterocycles. The van der Waals surface area contributed by atoms with Crippen LogP contribution in [0.5, 0.6) is 0 Å². The molecule has 0 aliphatic carbocycles. The Morgan fingerprint density at radius 3 is 2.76 bits per heavy atom. The SMILES string of the molecule is O=C(NCc1cccs1)c1ccccc1N1CCOCC1. The number of carbonyl (C=O) groups is 1. The van der Waals surface area contributed by atoms with Crippen molar-refractivity contribution in [2.45, 2.75) is 6.54 Å². The van der Waals surface area contributed by atoms with Crippen LogP contribution in [0.2, 0.25) is 0 Å². The first-order valence-corrected chi connectivity index (χ1v) is 7.95. The average Bonchev–Trinajstić information content (AvgIpc) is 3.07. The quantitative estimate of drug-likeness (QED) is 0.943. The molecule has 0 bridgehead atoms. The van der Waals surface area contributed by atoms with Gasteiger partial charge in [0.1, 0.15) is 0 Å². The third kappa shape index (κ3) is 3.43. The third-order valence-electron chi connectivity index (χ3n) is 3.50. The Bertz CT molecular complexity index is 592. The summed E-state index contributed by atoms with van der Waals surface area (Å²) in [6.07, 6.45) is 0. The summed E-state index contributed by atoms with van der Waals surface area (Å²) in [5.74, 6) is -0.0227. The number of para-hydroxylation sites is 1. The van der Waals surface area contributed by atoms with Gasteiger partial charge in [-0.3, -0.25) is 4.79 Å². The van der Waals surface area contributed by atoms with Crippen molar-refractivity contribution < 1.29 is 9.53 Å². The molecule has 2 aromatic rings. The zero-order valence-corrected chi connectivity index (χ0v) is 12.6. The number of anilines is 1. The smallest absolute Gasteiger partial charge is 0.253 e. The van der Waals surface area contributed by atoms with E-state index >= 15 is 0 Å². The molecule has 3 rings (SSSR count). The molecule has 1 aliphatic heterocycles. The molecule has 1 saturated heterocycles. The Labute approximate surface area is 128 Å². The van der Waals surface area contributed by atoms with Gasteiger partial charge in [0.25, 0.3) is 5.91 Å². The molecule has 1 N–H and O–H groups in total. The number of benzene rings is 1. The van der Waals surface area contributed by atoms with Crippen LogP contribution in [0.3, 0.4) is 0 Å². The summed E-state index contributed by atoms with van der Waals surface area (Å²) < 4.78 is 5.38. The zero-order valence-electron chi connectivity index (χ0n) is 11.7. The molecule has 21 heavy (non-hydrogen) atoms. The Morgan fingerprint density at radius 2 is 2.00 bits per heavy atom. The number of morpholine rings is 1. The fourth-order valence-corrected chi connectivity index (χ4v) is 3.07. The van der Waals surface area contributed by atoms with Crippen molar-refractivity contribution >= 4 is 22.9 Å². The van der Waals surface area contributed by atoms with Crippen LogP contribution in [-0.4, -0.2) is 32.2 Å². The largest absolute Gasteiger partial charge is 0.378 e. The number of thiophene rings is 1. The minimum absolute atomic E-state index is 0.0227. The molecule has 5 heteroatoms. The van der Waals surface area contributed by atoms with Gasteiger partial charge in [0.05, 0.1) is 25.3 Å². The van der Waals surface area contributed by atoms with E-state index in [9.17, 15) is 4.79 Å². The second-order valence-corrected chi connectivity index (χ2v) is 5.91. The second kappa shape index (κ2) is 6.74. The monoisotopic (exact) mass is 302 g/mol. The van der Waals surface area contributed by atoms with Gasteiger partial charge in [0, 0.05) is 23.7 Å². The highest BCUT2D eigenvalue weighted by Gasteiger charge is 2.18. The van der Waals surface area contributed by atoms with E-state index in [1.807, 2.05) is 41.8 Å². The molecule has 1 aromatic carbocycles. The molecule has 0 radical (unpaired) electrons. The van der Waals surface area contributed by atoms with Crippen molar-refractivity contribution in [3.05, 3.63) is 52.2 Å². The molecule has 4 nitrogen and oxygen atoms in total. The summed E-state index contributed by atoms with van der Waals surface area (Å²) in [6.45, 7) is 3.66. The van der Waals surface area contributed by atoms with Crippen molar-refractivity contribution in [1.82, 2.24) is 5.32 Å². The van der Waals surface area contributed by atoms with Crippen LogP contribution in [0, 0.1) is 0 Å². The van der Waals surface area contributed by atoms with E-state index in [1.165, 1.54) is 0 Å². The fourth-order valence-electron chi connectivity index (χ4n) is 2.42. The molecule has 0 spiro atoms. The zero-order chi connectivity index (χ0) is 14.5. The highest BCUT2D eigenvalue weighted by atomic mass is 32.1. The van der Waals surface area contributed by atoms with E-state index in [2.05, 4.69) is 10.2 Å². The number of rotatable bonds is 4. The van der Waals surface area contributed by atoms with E-state index in [0.717, 1.165) is 29.2 Å². The van der Waals surface area contributed by atoms with E-state index in [-0.39, 0.29) is 5.91 Å². The van der Waals surface area contributed by atoms with Crippen LogP contribution in [0.15, 0.2) is 41.8 Å². The van der Waals surface area contributed by atoms with Gasteiger partial charge in [0.15, 0.2) is 0 Å². The van der Waals surface area contributed by atoms with Crippen LogP contribution >= 0.6 is 11.3 Å². The van der Waals surface area contributed by atoms with E-state index in [0.29, 0.717) is 19.8 Å². The maximum absolute atomic E-state index is 12.4. The van der Waals surface area contributed by atoms with E-state index in [1.54, 1.807) is 11.3 Å². The molecule has 1 aliphatic rings. The number of carbonyl (C=O) groups excluding carboxylic acids is 1. The number of amides is 1. The lowest BCUT2D eigenvalue weighted by Gasteiger charge is -2.30. The lowest BCUT2D eigenvalue weighted by atomic mass is 10.1.